The number of anilines is 1. The predicted molar refractivity (Wildman–Crippen MR) is 71.8 cm³/mol. The molecule has 0 fully saturated rings. The zero-order chi connectivity index (χ0) is 12.4. The minimum Gasteiger partial charge on any atom is -0.356 e. The molecule has 0 bridgehead atoms. The SMILES string of the molecule is CCNc1nccn1C(C)c1sc(C)nc1C. The van der Waals surface area contributed by atoms with Gasteiger partial charge in [-0.1, -0.05) is 0 Å². The summed E-state index contributed by atoms with van der Waals surface area (Å²) >= 11 is 1.76. The lowest BCUT2D eigenvalue weighted by Gasteiger charge is -2.15. The van der Waals surface area contributed by atoms with Crippen molar-refractivity contribution in [3.8, 4) is 0 Å². The number of nitrogens with zero attached hydrogens (tertiary/aromatic N) is 3. The molecule has 0 radical (unpaired) electrons. The number of nitrogens with one attached hydrogen (secondary N) is 1. The molecule has 0 saturated carbocycles. The molecule has 0 spiro atoms. The van der Waals surface area contributed by atoms with Crippen molar-refractivity contribution in [1.82, 2.24) is 14.5 Å². The summed E-state index contributed by atoms with van der Waals surface area (Å²) in [6, 6.07) is 0.276. The molecule has 0 aromatic carbocycles. The minimum atomic E-state index is 0.276. The van der Waals surface area contributed by atoms with E-state index in [-0.39, 0.29) is 6.04 Å². The Hall–Kier alpha value is -1.36. The van der Waals surface area contributed by atoms with E-state index in [2.05, 4.69) is 40.6 Å². The van der Waals surface area contributed by atoms with Gasteiger partial charge in [-0.25, -0.2) is 9.97 Å². The number of rotatable bonds is 4. The van der Waals surface area contributed by atoms with E-state index in [4.69, 9.17) is 0 Å². The zero-order valence-electron chi connectivity index (χ0n) is 10.7. The molecule has 4 nitrogen and oxygen atoms in total. The molecule has 17 heavy (non-hydrogen) atoms. The van der Waals surface area contributed by atoms with Gasteiger partial charge in [0.15, 0.2) is 0 Å². The quantitative estimate of drug-likeness (QED) is 0.907. The van der Waals surface area contributed by atoms with Gasteiger partial charge in [-0.2, -0.15) is 0 Å². The van der Waals surface area contributed by atoms with Crippen molar-refractivity contribution in [3.63, 3.8) is 0 Å². The fraction of sp³-hybridized carbons (Fsp3) is 0.500. The Morgan fingerprint density at radius 2 is 2.24 bits per heavy atom. The van der Waals surface area contributed by atoms with Crippen LogP contribution in [-0.4, -0.2) is 21.1 Å². The van der Waals surface area contributed by atoms with Crippen molar-refractivity contribution in [3.05, 3.63) is 28.0 Å². The summed E-state index contributed by atoms with van der Waals surface area (Å²) < 4.78 is 2.16. The van der Waals surface area contributed by atoms with Crippen molar-refractivity contribution in [2.75, 3.05) is 11.9 Å². The van der Waals surface area contributed by atoms with Crippen LogP contribution in [0.15, 0.2) is 12.4 Å². The zero-order valence-corrected chi connectivity index (χ0v) is 11.5. The molecule has 2 aromatic rings. The topological polar surface area (TPSA) is 42.7 Å². The van der Waals surface area contributed by atoms with Crippen LogP contribution in [0.4, 0.5) is 5.95 Å². The van der Waals surface area contributed by atoms with Crippen LogP contribution in [0.25, 0.3) is 0 Å². The molecular weight excluding hydrogens is 232 g/mol. The van der Waals surface area contributed by atoms with Crippen LogP contribution in [0, 0.1) is 13.8 Å². The third-order valence-corrected chi connectivity index (χ3v) is 3.98. The maximum absolute atomic E-state index is 4.48. The number of aromatic nitrogens is 3. The maximum atomic E-state index is 4.48. The van der Waals surface area contributed by atoms with E-state index >= 15 is 0 Å². The molecule has 0 aliphatic carbocycles. The number of hydrogen-bond acceptors (Lipinski definition) is 4. The van der Waals surface area contributed by atoms with Crippen LogP contribution in [-0.2, 0) is 0 Å². The minimum absolute atomic E-state index is 0.276. The first kappa shape index (κ1) is 12.1. The second kappa shape index (κ2) is 4.87. The number of aryl methyl sites for hydroxylation is 2. The number of hydrogen-bond donors (Lipinski definition) is 1. The smallest absolute Gasteiger partial charge is 0.203 e. The van der Waals surface area contributed by atoms with Gasteiger partial charge in [0.1, 0.15) is 0 Å². The lowest BCUT2D eigenvalue weighted by molar-refractivity contribution is 0.650. The highest BCUT2D eigenvalue weighted by Crippen LogP contribution is 2.29. The van der Waals surface area contributed by atoms with Crippen molar-refractivity contribution >= 4 is 17.3 Å². The molecule has 1 atom stereocenters. The standard InChI is InChI=1S/C12H18N4S/c1-5-13-12-14-6-7-16(12)9(3)11-8(2)15-10(4)17-11/h6-7,9H,5H2,1-4H3,(H,13,14). The molecule has 0 aliphatic rings. The van der Waals surface area contributed by atoms with Gasteiger partial charge < -0.3 is 9.88 Å². The molecule has 0 saturated heterocycles. The molecule has 0 aliphatic heterocycles. The fourth-order valence-electron chi connectivity index (χ4n) is 1.98. The van der Waals surface area contributed by atoms with Crippen LogP contribution < -0.4 is 5.32 Å². The average Bonchev–Trinajstić information content (AvgIpc) is 2.85. The van der Waals surface area contributed by atoms with Gasteiger partial charge in [0.2, 0.25) is 5.95 Å². The van der Waals surface area contributed by atoms with E-state index in [1.165, 1.54) is 4.88 Å². The Kier molecular flexibility index (Phi) is 3.47. The number of thiazole rings is 1. The van der Waals surface area contributed by atoms with Crippen LogP contribution in [0.5, 0.6) is 0 Å². The van der Waals surface area contributed by atoms with Gasteiger partial charge in [0.05, 0.1) is 21.6 Å². The first-order chi connectivity index (χ1) is 8.13. The Labute approximate surface area is 106 Å². The van der Waals surface area contributed by atoms with Gasteiger partial charge in [0.25, 0.3) is 0 Å². The molecule has 0 amide bonds. The van der Waals surface area contributed by atoms with Gasteiger partial charge in [0, 0.05) is 18.9 Å². The molecular formula is C12H18N4S. The second-order valence-corrected chi connectivity index (χ2v) is 5.28. The van der Waals surface area contributed by atoms with Crippen LogP contribution in [0.2, 0.25) is 0 Å². The first-order valence-electron chi connectivity index (χ1n) is 5.84. The van der Waals surface area contributed by atoms with Crippen molar-refractivity contribution in [1.29, 1.82) is 0 Å². The second-order valence-electron chi connectivity index (χ2n) is 4.05. The lowest BCUT2D eigenvalue weighted by atomic mass is 10.2. The van der Waals surface area contributed by atoms with E-state index in [9.17, 15) is 0 Å². The van der Waals surface area contributed by atoms with E-state index in [1.54, 1.807) is 11.3 Å². The Morgan fingerprint density at radius 3 is 2.82 bits per heavy atom. The van der Waals surface area contributed by atoms with Crippen molar-refractivity contribution < 1.29 is 0 Å². The van der Waals surface area contributed by atoms with Crippen LogP contribution in [0.3, 0.4) is 0 Å². The Morgan fingerprint density at radius 1 is 1.47 bits per heavy atom. The molecule has 2 rings (SSSR count). The summed E-state index contributed by atoms with van der Waals surface area (Å²) in [6.45, 7) is 9.25. The highest BCUT2D eigenvalue weighted by molar-refractivity contribution is 7.11. The monoisotopic (exact) mass is 250 g/mol. The van der Waals surface area contributed by atoms with Gasteiger partial charge in [-0.05, 0) is 27.7 Å². The lowest BCUT2D eigenvalue weighted by Crippen LogP contribution is -2.11. The van der Waals surface area contributed by atoms with E-state index in [0.717, 1.165) is 23.2 Å². The van der Waals surface area contributed by atoms with E-state index in [1.807, 2.05) is 19.3 Å². The van der Waals surface area contributed by atoms with Gasteiger partial charge in [-0.3, -0.25) is 0 Å². The van der Waals surface area contributed by atoms with Crippen molar-refractivity contribution in [2.24, 2.45) is 0 Å². The summed E-state index contributed by atoms with van der Waals surface area (Å²) in [5.74, 6) is 0.922. The summed E-state index contributed by atoms with van der Waals surface area (Å²) in [7, 11) is 0. The van der Waals surface area contributed by atoms with Gasteiger partial charge >= 0.3 is 0 Å². The summed E-state index contributed by atoms with van der Waals surface area (Å²) in [6.07, 6.45) is 3.84. The predicted octanol–water partition coefficient (Wildman–Crippen LogP) is 3.00. The van der Waals surface area contributed by atoms with Crippen LogP contribution in [0.1, 0.15) is 35.5 Å². The Bertz CT molecular complexity index is 500. The largest absolute Gasteiger partial charge is 0.356 e. The summed E-state index contributed by atoms with van der Waals surface area (Å²) in [4.78, 5) is 10.1. The summed E-state index contributed by atoms with van der Waals surface area (Å²) in [5, 5.41) is 4.39. The molecule has 2 aromatic heterocycles. The third kappa shape index (κ3) is 2.34. The fourth-order valence-corrected chi connectivity index (χ4v) is 2.96. The van der Waals surface area contributed by atoms with Crippen LogP contribution >= 0.6 is 11.3 Å². The Balaban J connectivity index is 2.33. The average molecular weight is 250 g/mol. The molecule has 1 N–H and O–H groups in total. The normalized spacial score (nSPS) is 12.7. The van der Waals surface area contributed by atoms with E-state index in [0.29, 0.717) is 0 Å². The maximum Gasteiger partial charge on any atom is 0.203 e. The highest BCUT2D eigenvalue weighted by atomic mass is 32.1. The molecule has 2 heterocycles. The molecule has 5 heteroatoms. The van der Waals surface area contributed by atoms with E-state index < -0.39 is 0 Å². The number of imidazole rings is 1. The van der Waals surface area contributed by atoms with Gasteiger partial charge in [-0.15, -0.1) is 11.3 Å². The molecule has 1 unspecified atom stereocenters. The van der Waals surface area contributed by atoms with Crippen molar-refractivity contribution in [2.45, 2.75) is 33.7 Å². The first-order valence-corrected chi connectivity index (χ1v) is 6.65. The third-order valence-electron chi connectivity index (χ3n) is 2.74. The summed E-state index contributed by atoms with van der Waals surface area (Å²) in [5.41, 5.74) is 1.12. The highest BCUT2D eigenvalue weighted by Gasteiger charge is 2.16. The molecule has 92 valence electrons.